The first-order valence-corrected chi connectivity index (χ1v) is 8.12. The van der Waals surface area contributed by atoms with Gasteiger partial charge in [0.1, 0.15) is 11.6 Å². The van der Waals surface area contributed by atoms with Crippen LogP contribution in [0.2, 0.25) is 10.0 Å². The van der Waals surface area contributed by atoms with Gasteiger partial charge in [0, 0.05) is 16.1 Å². The molecular formula is C13H8Cl2F2N2O3S. The highest BCUT2D eigenvalue weighted by molar-refractivity contribution is 7.92. The summed E-state index contributed by atoms with van der Waals surface area (Å²) < 4.78 is 53.4. The van der Waals surface area contributed by atoms with Crippen molar-refractivity contribution in [3.05, 3.63) is 57.6 Å². The molecule has 0 saturated heterocycles. The Morgan fingerprint density at radius 2 is 1.57 bits per heavy atom. The monoisotopic (exact) mass is 380 g/mol. The van der Waals surface area contributed by atoms with Gasteiger partial charge in [-0.3, -0.25) is 9.52 Å². The predicted octanol–water partition coefficient (Wildman–Crippen LogP) is 3.17. The molecule has 23 heavy (non-hydrogen) atoms. The lowest BCUT2D eigenvalue weighted by Crippen LogP contribution is -2.17. The average Bonchev–Trinajstić information content (AvgIpc) is 2.40. The molecular weight excluding hydrogens is 373 g/mol. The highest BCUT2D eigenvalue weighted by Gasteiger charge is 2.20. The molecule has 0 atom stereocenters. The molecule has 0 aliphatic carbocycles. The van der Waals surface area contributed by atoms with Gasteiger partial charge in [0.2, 0.25) is 0 Å². The van der Waals surface area contributed by atoms with Crippen molar-refractivity contribution >= 4 is 44.8 Å². The molecule has 10 heteroatoms. The zero-order valence-corrected chi connectivity index (χ0v) is 13.4. The number of hydrogen-bond donors (Lipinski definition) is 2. The van der Waals surface area contributed by atoms with Gasteiger partial charge in [-0.1, -0.05) is 23.2 Å². The van der Waals surface area contributed by atoms with Crippen LogP contribution in [0.3, 0.4) is 0 Å². The highest BCUT2D eigenvalue weighted by Crippen LogP contribution is 2.26. The largest absolute Gasteiger partial charge is 0.366 e. The van der Waals surface area contributed by atoms with Crippen molar-refractivity contribution in [2.24, 2.45) is 5.73 Å². The van der Waals surface area contributed by atoms with Crippen LogP contribution >= 0.6 is 23.2 Å². The Balaban J connectivity index is 2.49. The summed E-state index contributed by atoms with van der Waals surface area (Å²) in [4.78, 5) is 10.7. The summed E-state index contributed by atoms with van der Waals surface area (Å²) in [5.41, 5.74) is 3.63. The third kappa shape index (κ3) is 3.90. The first-order chi connectivity index (χ1) is 10.6. The first kappa shape index (κ1) is 17.5. The van der Waals surface area contributed by atoms with E-state index in [2.05, 4.69) is 0 Å². The van der Waals surface area contributed by atoms with Gasteiger partial charge in [0.25, 0.3) is 15.9 Å². The molecule has 122 valence electrons. The fourth-order valence-corrected chi connectivity index (χ4v) is 3.49. The van der Waals surface area contributed by atoms with Crippen molar-refractivity contribution in [1.29, 1.82) is 0 Å². The standard InChI is InChI=1S/C13H8Cl2F2N2O3S/c14-6-1-7(15)3-8(2-6)23(21,22)19-12-4-9(13(18)20)10(16)5-11(12)17/h1-5,19H,(H2,18,20). The van der Waals surface area contributed by atoms with E-state index < -0.39 is 38.8 Å². The summed E-state index contributed by atoms with van der Waals surface area (Å²) in [6.07, 6.45) is 0. The Morgan fingerprint density at radius 1 is 1.00 bits per heavy atom. The maximum Gasteiger partial charge on any atom is 0.262 e. The number of primary amides is 1. The molecule has 0 bridgehead atoms. The van der Waals surface area contributed by atoms with Gasteiger partial charge in [-0.2, -0.15) is 0 Å². The van der Waals surface area contributed by atoms with Crippen molar-refractivity contribution in [3.8, 4) is 0 Å². The Labute approximate surface area is 140 Å². The number of carbonyl (C=O) groups is 1. The van der Waals surface area contributed by atoms with E-state index >= 15 is 0 Å². The average molecular weight is 381 g/mol. The minimum absolute atomic E-state index is 0.0512. The zero-order chi connectivity index (χ0) is 17.4. The Bertz CT molecular complexity index is 884. The van der Waals surface area contributed by atoms with Gasteiger partial charge in [-0.05, 0) is 24.3 Å². The van der Waals surface area contributed by atoms with E-state index in [1.807, 2.05) is 4.72 Å². The van der Waals surface area contributed by atoms with Crippen molar-refractivity contribution in [2.75, 3.05) is 4.72 Å². The second-order valence-electron chi connectivity index (χ2n) is 4.39. The molecule has 0 heterocycles. The second kappa shape index (κ2) is 6.31. The second-order valence-corrected chi connectivity index (χ2v) is 6.94. The number of benzene rings is 2. The number of nitrogens with one attached hydrogen (secondary N) is 1. The summed E-state index contributed by atoms with van der Waals surface area (Å²) in [7, 11) is -4.27. The van der Waals surface area contributed by atoms with Crippen LogP contribution in [0.15, 0.2) is 35.2 Å². The number of halogens is 4. The molecule has 3 N–H and O–H groups in total. The van der Waals surface area contributed by atoms with Crippen molar-refractivity contribution in [1.82, 2.24) is 0 Å². The molecule has 0 radical (unpaired) electrons. The van der Waals surface area contributed by atoms with E-state index in [4.69, 9.17) is 28.9 Å². The van der Waals surface area contributed by atoms with Gasteiger partial charge in [0.15, 0.2) is 0 Å². The Morgan fingerprint density at radius 3 is 2.09 bits per heavy atom. The normalized spacial score (nSPS) is 11.3. The van der Waals surface area contributed by atoms with Crippen LogP contribution < -0.4 is 10.5 Å². The van der Waals surface area contributed by atoms with E-state index in [0.717, 1.165) is 12.1 Å². The predicted molar refractivity (Wildman–Crippen MR) is 82.1 cm³/mol. The maximum absolute atomic E-state index is 13.7. The Kier molecular flexibility index (Phi) is 4.79. The van der Waals surface area contributed by atoms with Crippen LogP contribution in [0.4, 0.5) is 14.5 Å². The van der Waals surface area contributed by atoms with Crippen LogP contribution in [0, 0.1) is 11.6 Å². The number of carbonyl (C=O) groups excluding carboxylic acids is 1. The molecule has 0 aliphatic rings. The van der Waals surface area contributed by atoms with Crippen LogP contribution in [0.1, 0.15) is 10.4 Å². The number of sulfonamides is 1. The van der Waals surface area contributed by atoms with Crippen LogP contribution in [-0.2, 0) is 10.0 Å². The quantitative estimate of drug-likeness (QED) is 0.853. The first-order valence-electron chi connectivity index (χ1n) is 5.88. The number of rotatable bonds is 4. The zero-order valence-electron chi connectivity index (χ0n) is 11.1. The van der Waals surface area contributed by atoms with Gasteiger partial charge >= 0.3 is 0 Å². The lowest BCUT2D eigenvalue weighted by Gasteiger charge is -2.11. The molecule has 1 amide bonds. The minimum Gasteiger partial charge on any atom is -0.366 e. The molecule has 0 aromatic heterocycles. The molecule has 0 saturated carbocycles. The fourth-order valence-electron chi connectivity index (χ4n) is 1.70. The lowest BCUT2D eigenvalue weighted by atomic mass is 10.2. The van der Waals surface area contributed by atoms with E-state index in [-0.39, 0.29) is 14.9 Å². The lowest BCUT2D eigenvalue weighted by molar-refractivity contribution is 0.0996. The summed E-state index contributed by atoms with van der Waals surface area (Å²) in [6.45, 7) is 0. The molecule has 0 aliphatic heterocycles. The van der Waals surface area contributed by atoms with Gasteiger partial charge in [-0.25, -0.2) is 17.2 Å². The van der Waals surface area contributed by atoms with Gasteiger partial charge in [0.05, 0.1) is 16.1 Å². The van der Waals surface area contributed by atoms with E-state index in [0.29, 0.717) is 12.1 Å². The minimum atomic E-state index is -4.27. The van der Waals surface area contributed by atoms with Gasteiger partial charge in [-0.15, -0.1) is 0 Å². The van der Waals surface area contributed by atoms with Crippen molar-refractivity contribution in [2.45, 2.75) is 4.90 Å². The topological polar surface area (TPSA) is 89.3 Å². The van der Waals surface area contributed by atoms with Crippen LogP contribution in [0.25, 0.3) is 0 Å². The molecule has 2 aromatic rings. The summed E-state index contributed by atoms with van der Waals surface area (Å²) in [5, 5.41) is 0.102. The fraction of sp³-hybridized carbons (Fsp3) is 0. The van der Waals surface area contributed by atoms with Crippen molar-refractivity contribution in [3.63, 3.8) is 0 Å². The number of amides is 1. The highest BCUT2D eigenvalue weighted by atomic mass is 35.5. The van der Waals surface area contributed by atoms with E-state index in [1.54, 1.807) is 0 Å². The van der Waals surface area contributed by atoms with Crippen molar-refractivity contribution < 1.29 is 22.0 Å². The molecule has 2 rings (SSSR count). The van der Waals surface area contributed by atoms with E-state index in [1.165, 1.54) is 6.07 Å². The van der Waals surface area contributed by atoms with Gasteiger partial charge < -0.3 is 5.73 Å². The smallest absolute Gasteiger partial charge is 0.262 e. The summed E-state index contributed by atoms with van der Waals surface area (Å²) in [5.74, 6) is -3.60. The third-order valence-electron chi connectivity index (χ3n) is 2.71. The van der Waals surface area contributed by atoms with Crippen LogP contribution in [-0.4, -0.2) is 14.3 Å². The van der Waals surface area contributed by atoms with E-state index in [9.17, 15) is 22.0 Å². The summed E-state index contributed by atoms with van der Waals surface area (Å²) >= 11 is 11.4. The molecule has 0 spiro atoms. The maximum atomic E-state index is 13.7. The molecule has 5 nitrogen and oxygen atoms in total. The Hall–Kier alpha value is -1.90. The summed E-state index contributed by atoms with van der Waals surface area (Å²) in [6, 6.07) is 4.50. The third-order valence-corrected chi connectivity index (χ3v) is 4.49. The number of nitrogens with two attached hydrogens (primary N) is 1. The SMILES string of the molecule is NC(=O)c1cc(NS(=O)(=O)c2cc(Cl)cc(Cl)c2)c(F)cc1F. The van der Waals surface area contributed by atoms with Crippen LogP contribution in [0.5, 0.6) is 0 Å². The number of anilines is 1. The molecule has 2 aromatic carbocycles. The number of hydrogen-bond acceptors (Lipinski definition) is 3. The molecule has 0 unspecified atom stereocenters. The molecule has 0 fully saturated rings.